The largest absolute Gasteiger partial charge is 0.490 e. The molecule has 4 heteroatoms. The minimum absolute atomic E-state index is 0.143. The van der Waals surface area contributed by atoms with Crippen molar-refractivity contribution >= 4 is 0 Å². The van der Waals surface area contributed by atoms with Crippen molar-refractivity contribution in [3.05, 3.63) is 23.8 Å². The van der Waals surface area contributed by atoms with Gasteiger partial charge in [0.25, 0.3) is 0 Å². The highest BCUT2D eigenvalue weighted by Gasteiger charge is 2.19. The number of ether oxygens (including phenoxy) is 3. The number of fused-ring (bicyclic) bond motifs is 1. The Morgan fingerprint density at radius 1 is 1.26 bits per heavy atom. The quantitative estimate of drug-likeness (QED) is 0.889. The summed E-state index contributed by atoms with van der Waals surface area (Å²) in [5, 5.41) is 10.3. The molecule has 2 unspecified atom stereocenters. The fourth-order valence-electron chi connectivity index (χ4n) is 2.15. The fourth-order valence-corrected chi connectivity index (χ4v) is 2.15. The van der Waals surface area contributed by atoms with Crippen LogP contribution >= 0.6 is 0 Å². The van der Waals surface area contributed by atoms with Gasteiger partial charge in [0.1, 0.15) is 0 Å². The van der Waals surface area contributed by atoms with Crippen molar-refractivity contribution in [2.45, 2.75) is 25.9 Å². The van der Waals surface area contributed by atoms with Crippen molar-refractivity contribution in [1.29, 1.82) is 0 Å². The third kappa shape index (κ3) is 3.61. The average Bonchev–Trinajstić information content (AvgIpc) is 2.68. The van der Waals surface area contributed by atoms with Gasteiger partial charge >= 0.3 is 0 Å². The van der Waals surface area contributed by atoms with E-state index in [0.717, 1.165) is 29.9 Å². The van der Waals surface area contributed by atoms with Crippen molar-refractivity contribution in [2.24, 2.45) is 5.92 Å². The second-order valence-electron chi connectivity index (χ2n) is 4.96. The Hall–Kier alpha value is -1.26. The summed E-state index contributed by atoms with van der Waals surface area (Å²) < 4.78 is 16.3. The Labute approximate surface area is 114 Å². The third-order valence-corrected chi connectivity index (χ3v) is 3.43. The van der Waals surface area contributed by atoms with E-state index in [1.807, 2.05) is 25.1 Å². The maximum Gasteiger partial charge on any atom is 0.161 e. The molecule has 1 aliphatic heterocycles. The zero-order chi connectivity index (χ0) is 13.7. The van der Waals surface area contributed by atoms with Gasteiger partial charge in [-0.15, -0.1) is 0 Å². The molecule has 19 heavy (non-hydrogen) atoms. The molecule has 2 atom stereocenters. The summed E-state index contributed by atoms with van der Waals surface area (Å²) in [6, 6.07) is 5.67. The number of aliphatic hydroxyl groups is 1. The van der Waals surface area contributed by atoms with Crippen LogP contribution in [0.5, 0.6) is 11.5 Å². The number of hydrogen-bond acceptors (Lipinski definition) is 4. The zero-order valence-electron chi connectivity index (χ0n) is 11.6. The molecule has 1 aromatic carbocycles. The van der Waals surface area contributed by atoms with Crippen molar-refractivity contribution in [3.8, 4) is 11.5 Å². The van der Waals surface area contributed by atoms with Crippen LogP contribution in [0.3, 0.4) is 0 Å². The number of hydrogen-bond donors (Lipinski definition) is 1. The van der Waals surface area contributed by atoms with Crippen LogP contribution in [-0.4, -0.2) is 32.0 Å². The molecule has 0 fully saturated rings. The number of rotatable bonds is 5. The standard InChI is InChI=1S/C15H22O4/c1-11(6-9-17-2)15(16)12-4-5-13-14(10-12)19-8-3-7-18-13/h4-5,10-11,15-16H,3,6-9H2,1-2H3. The van der Waals surface area contributed by atoms with Crippen LogP contribution in [0, 0.1) is 5.92 Å². The van der Waals surface area contributed by atoms with E-state index in [1.54, 1.807) is 7.11 Å². The molecule has 0 saturated carbocycles. The summed E-state index contributed by atoms with van der Waals surface area (Å²) in [5.41, 5.74) is 0.868. The SMILES string of the molecule is COCCC(C)C(O)c1ccc2c(c1)OCCCO2. The fraction of sp³-hybridized carbons (Fsp3) is 0.600. The molecule has 1 aliphatic rings. The van der Waals surface area contributed by atoms with Crippen LogP contribution in [0.15, 0.2) is 18.2 Å². The number of methoxy groups -OCH3 is 1. The van der Waals surface area contributed by atoms with Gasteiger partial charge in [-0.1, -0.05) is 13.0 Å². The molecule has 0 bridgehead atoms. The first kappa shape index (κ1) is 14.2. The van der Waals surface area contributed by atoms with E-state index in [-0.39, 0.29) is 5.92 Å². The van der Waals surface area contributed by atoms with Crippen LogP contribution in [0.2, 0.25) is 0 Å². The predicted octanol–water partition coefficient (Wildman–Crippen LogP) is 2.55. The van der Waals surface area contributed by atoms with E-state index in [1.165, 1.54) is 0 Å². The van der Waals surface area contributed by atoms with Crippen LogP contribution in [0.25, 0.3) is 0 Å². The Balaban J connectivity index is 2.09. The van der Waals surface area contributed by atoms with Crippen LogP contribution in [0.1, 0.15) is 31.4 Å². The van der Waals surface area contributed by atoms with Crippen molar-refractivity contribution < 1.29 is 19.3 Å². The predicted molar refractivity (Wildman–Crippen MR) is 72.7 cm³/mol. The molecule has 1 aromatic rings. The Kier molecular flexibility index (Phi) is 5.05. The molecule has 1 heterocycles. The summed E-state index contributed by atoms with van der Waals surface area (Å²) in [6.45, 7) is 4.01. The Morgan fingerprint density at radius 3 is 2.74 bits per heavy atom. The molecule has 0 saturated heterocycles. The normalized spacial score (nSPS) is 17.6. The molecule has 0 aliphatic carbocycles. The van der Waals surface area contributed by atoms with Gasteiger partial charge in [0.2, 0.25) is 0 Å². The zero-order valence-corrected chi connectivity index (χ0v) is 11.6. The van der Waals surface area contributed by atoms with E-state index in [2.05, 4.69) is 0 Å². The molecule has 2 rings (SSSR count). The van der Waals surface area contributed by atoms with Crippen LogP contribution in [0.4, 0.5) is 0 Å². The Morgan fingerprint density at radius 2 is 2.00 bits per heavy atom. The van der Waals surface area contributed by atoms with Gasteiger partial charge in [0.05, 0.1) is 19.3 Å². The molecular weight excluding hydrogens is 244 g/mol. The maximum absolute atomic E-state index is 10.3. The average molecular weight is 266 g/mol. The minimum Gasteiger partial charge on any atom is -0.490 e. The van der Waals surface area contributed by atoms with Gasteiger partial charge < -0.3 is 19.3 Å². The summed E-state index contributed by atoms with van der Waals surface area (Å²) in [6.07, 6.45) is 1.20. The summed E-state index contributed by atoms with van der Waals surface area (Å²) in [4.78, 5) is 0. The first-order chi connectivity index (χ1) is 9.22. The number of aliphatic hydroxyl groups excluding tert-OH is 1. The van der Waals surface area contributed by atoms with Crippen molar-refractivity contribution in [3.63, 3.8) is 0 Å². The molecule has 0 radical (unpaired) electrons. The molecule has 0 amide bonds. The lowest BCUT2D eigenvalue weighted by Gasteiger charge is -2.20. The van der Waals surface area contributed by atoms with Gasteiger partial charge in [0, 0.05) is 20.1 Å². The van der Waals surface area contributed by atoms with Crippen LogP contribution in [-0.2, 0) is 4.74 Å². The molecule has 0 aromatic heterocycles. The topological polar surface area (TPSA) is 47.9 Å². The smallest absolute Gasteiger partial charge is 0.161 e. The van der Waals surface area contributed by atoms with Gasteiger partial charge in [-0.2, -0.15) is 0 Å². The lowest BCUT2D eigenvalue weighted by Crippen LogP contribution is -2.11. The molecular formula is C15H22O4. The highest BCUT2D eigenvalue weighted by molar-refractivity contribution is 5.44. The van der Waals surface area contributed by atoms with E-state index in [4.69, 9.17) is 14.2 Å². The van der Waals surface area contributed by atoms with Gasteiger partial charge in [-0.05, 0) is 30.0 Å². The second kappa shape index (κ2) is 6.78. The third-order valence-electron chi connectivity index (χ3n) is 3.43. The highest BCUT2D eigenvalue weighted by atomic mass is 16.5. The second-order valence-corrected chi connectivity index (χ2v) is 4.96. The van der Waals surface area contributed by atoms with E-state index in [9.17, 15) is 5.11 Å². The lowest BCUT2D eigenvalue weighted by molar-refractivity contribution is 0.0883. The summed E-state index contributed by atoms with van der Waals surface area (Å²) in [7, 11) is 1.67. The van der Waals surface area contributed by atoms with Crippen molar-refractivity contribution in [1.82, 2.24) is 0 Å². The first-order valence-corrected chi connectivity index (χ1v) is 6.79. The maximum atomic E-state index is 10.3. The molecule has 0 spiro atoms. The monoisotopic (exact) mass is 266 g/mol. The van der Waals surface area contributed by atoms with E-state index in [0.29, 0.717) is 19.8 Å². The first-order valence-electron chi connectivity index (χ1n) is 6.79. The summed E-state index contributed by atoms with van der Waals surface area (Å²) in [5.74, 6) is 1.63. The molecule has 106 valence electrons. The number of benzene rings is 1. The highest BCUT2D eigenvalue weighted by Crippen LogP contribution is 2.34. The summed E-state index contributed by atoms with van der Waals surface area (Å²) >= 11 is 0. The minimum atomic E-state index is -0.507. The molecule has 4 nitrogen and oxygen atoms in total. The van der Waals surface area contributed by atoms with Gasteiger partial charge in [-0.25, -0.2) is 0 Å². The van der Waals surface area contributed by atoms with E-state index < -0.39 is 6.10 Å². The molecule has 1 N–H and O–H groups in total. The lowest BCUT2D eigenvalue weighted by atomic mass is 9.94. The van der Waals surface area contributed by atoms with E-state index >= 15 is 0 Å². The van der Waals surface area contributed by atoms with Crippen molar-refractivity contribution in [2.75, 3.05) is 26.9 Å². The van der Waals surface area contributed by atoms with Gasteiger partial charge in [-0.3, -0.25) is 0 Å². The van der Waals surface area contributed by atoms with Gasteiger partial charge in [0.15, 0.2) is 11.5 Å². The van der Waals surface area contributed by atoms with Crippen LogP contribution < -0.4 is 9.47 Å². The Bertz CT molecular complexity index is 405.